The Bertz CT molecular complexity index is 593. The number of nitrogens with one attached hydrogen (secondary N) is 1. The molecule has 1 N–H and O–H groups in total. The van der Waals surface area contributed by atoms with Gasteiger partial charge in [-0.1, -0.05) is 11.6 Å². The van der Waals surface area contributed by atoms with Crippen molar-refractivity contribution >= 4 is 28.9 Å². The number of aryl methyl sites for hydroxylation is 1. The van der Waals surface area contributed by atoms with Crippen LogP contribution in [0.2, 0.25) is 5.15 Å². The molecule has 0 bridgehead atoms. The van der Waals surface area contributed by atoms with Gasteiger partial charge in [0.15, 0.2) is 0 Å². The highest BCUT2D eigenvalue weighted by Crippen LogP contribution is 2.36. The maximum Gasteiger partial charge on any atom is 0.342 e. The van der Waals surface area contributed by atoms with E-state index in [0.29, 0.717) is 6.54 Å². The normalized spacial score (nSPS) is 10.7. The molecule has 0 fully saturated rings. The fourth-order valence-electron chi connectivity index (χ4n) is 2.06. The highest BCUT2D eigenvalue weighted by Gasteiger charge is 2.29. The van der Waals surface area contributed by atoms with Crippen molar-refractivity contribution in [2.45, 2.75) is 20.3 Å². The Labute approximate surface area is 139 Å². The van der Waals surface area contributed by atoms with Gasteiger partial charge >= 0.3 is 11.7 Å². The maximum atomic E-state index is 12.1. The molecule has 0 aliphatic carbocycles. The molecular weight excluding hydrogens is 324 g/mol. The monoisotopic (exact) mass is 344 g/mol. The molecule has 23 heavy (non-hydrogen) atoms. The van der Waals surface area contributed by atoms with Gasteiger partial charge < -0.3 is 15.0 Å². The highest BCUT2D eigenvalue weighted by molar-refractivity contribution is 6.32. The largest absolute Gasteiger partial charge is 0.462 e. The summed E-state index contributed by atoms with van der Waals surface area (Å²) < 4.78 is 4.98. The van der Waals surface area contributed by atoms with Gasteiger partial charge in [0.25, 0.3) is 0 Å². The number of aromatic nitrogens is 1. The second kappa shape index (κ2) is 8.64. The van der Waals surface area contributed by atoms with Gasteiger partial charge in [-0.3, -0.25) is 10.1 Å². The Kier molecular flexibility index (Phi) is 7.18. The van der Waals surface area contributed by atoms with Gasteiger partial charge in [-0.25, -0.2) is 9.78 Å². The summed E-state index contributed by atoms with van der Waals surface area (Å²) in [5.74, 6) is -0.660. The first kappa shape index (κ1) is 19.1. The third kappa shape index (κ3) is 5.04. The lowest BCUT2D eigenvalue weighted by Gasteiger charge is -2.15. The maximum absolute atomic E-state index is 12.1. The zero-order valence-electron chi connectivity index (χ0n) is 13.7. The number of esters is 1. The summed E-state index contributed by atoms with van der Waals surface area (Å²) in [6, 6.07) is 0. The minimum atomic E-state index is -0.660. The van der Waals surface area contributed by atoms with Crippen LogP contribution in [0, 0.1) is 17.0 Å². The molecule has 0 amide bonds. The lowest BCUT2D eigenvalue weighted by Crippen LogP contribution is -2.19. The fourth-order valence-corrected chi connectivity index (χ4v) is 2.35. The molecule has 0 aliphatic heterocycles. The second-order valence-corrected chi connectivity index (χ2v) is 5.51. The van der Waals surface area contributed by atoms with Crippen LogP contribution in [0.3, 0.4) is 0 Å². The third-order valence-electron chi connectivity index (χ3n) is 3.06. The molecule has 1 heterocycles. The van der Waals surface area contributed by atoms with Crippen LogP contribution in [-0.4, -0.2) is 54.6 Å². The van der Waals surface area contributed by atoms with E-state index in [-0.39, 0.29) is 28.7 Å². The average molecular weight is 345 g/mol. The van der Waals surface area contributed by atoms with Gasteiger partial charge in [0.2, 0.25) is 5.15 Å². The van der Waals surface area contributed by atoms with E-state index in [0.717, 1.165) is 13.0 Å². The number of nitro groups is 1. The molecule has 0 aliphatic rings. The minimum Gasteiger partial charge on any atom is -0.462 e. The summed E-state index contributed by atoms with van der Waals surface area (Å²) in [7, 11) is 3.86. The van der Waals surface area contributed by atoms with E-state index in [1.54, 1.807) is 13.8 Å². The molecule has 0 spiro atoms. The molecule has 8 nitrogen and oxygen atoms in total. The van der Waals surface area contributed by atoms with Crippen LogP contribution in [0.25, 0.3) is 0 Å². The Morgan fingerprint density at radius 2 is 2.13 bits per heavy atom. The van der Waals surface area contributed by atoms with Crippen LogP contribution in [-0.2, 0) is 4.74 Å². The smallest absolute Gasteiger partial charge is 0.342 e. The van der Waals surface area contributed by atoms with Crippen LogP contribution in [0.15, 0.2) is 0 Å². The number of pyridine rings is 1. The van der Waals surface area contributed by atoms with E-state index in [1.165, 1.54) is 0 Å². The predicted molar refractivity (Wildman–Crippen MR) is 88.3 cm³/mol. The first-order valence-electron chi connectivity index (χ1n) is 7.19. The SMILES string of the molecule is CCOC(=O)c1c(C)nc(Cl)c([N+](=O)[O-])c1NCCCN(C)C. The summed E-state index contributed by atoms with van der Waals surface area (Å²) >= 11 is 5.89. The molecule has 0 unspecified atom stereocenters. The Morgan fingerprint density at radius 3 is 2.65 bits per heavy atom. The molecule has 1 aromatic rings. The van der Waals surface area contributed by atoms with Gasteiger partial charge in [-0.05, 0) is 40.9 Å². The number of anilines is 1. The van der Waals surface area contributed by atoms with Crippen LogP contribution in [0.1, 0.15) is 29.4 Å². The van der Waals surface area contributed by atoms with Crippen LogP contribution in [0.4, 0.5) is 11.4 Å². The van der Waals surface area contributed by atoms with Crippen LogP contribution in [0.5, 0.6) is 0 Å². The van der Waals surface area contributed by atoms with Crippen molar-refractivity contribution in [1.82, 2.24) is 9.88 Å². The Morgan fingerprint density at radius 1 is 1.48 bits per heavy atom. The zero-order valence-corrected chi connectivity index (χ0v) is 14.4. The number of carbonyl (C=O) groups is 1. The third-order valence-corrected chi connectivity index (χ3v) is 3.32. The van der Waals surface area contributed by atoms with E-state index >= 15 is 0 Å². The molecule has 1 aromatic heterocycles. The highest BCUT2D eigenvalue weighted by atomic mass is 35.5. The van der Waals surface area contributed by atoms with Gasteiger partial charge in [-0.15, -0.1) is 0 Å². The molecule has 0 saturated heterocycles. The molecular formula is C14H21ClN4O4. The van der Waals surface area contributed by atoms with E-state index in [1.807, 2.05) is 19.0 Å². The van der Waals surface area contributed by atoms with Gasteiger partial charge in [0.1, 0.15) is 11.3 Å². The summed E-state index contributed by atoms with van der Waals surface area (Å²) in [5, 5.41) is 14.0. The summed E-state index contributed by atoms with van der Waals surface area (Å²) in [5.41, 5.74) is -0.0168. The predicted octanol–water partition coefficient (Wildman–Crippen LogP) is 2.49. The lowest BCUT2D eigenvalue weighted by atomic mass is 10.1. The molecule has 128 valence electrons. The van der Waals surface area contributed by atoms with E-state index in [4.69, 9.17) is 16.3 Å². The molecule has 0 aromatic carbocycles. The number of rotatable bonds is 8. The first-order valence-corrected chi connectivity index (χ1v) is 7.57. The van der Waals surface area contributed by atoms with Crippen molar-refractivity contribution in [3.63, 3.8) is 0 Å². The van der Waals surface area contributed by atoms with E-state index in [9.17, 15) is 14.9 Å². The van der Waals surface area contributed by atoms with Crippen molar-refractivity contribution in [3.05, 3.63) is 26.5 Å². The number of halogens is 1. The molecule has 0 saturated carbocycles. The molecule has 0 radical (unpaired) electrons. The number of carbonyl (C=O) groups excluding carboxylic acids is 1. The van der Waals surface area contributed by atoms with Gasteiger partial charge in [0, 0.05) is 6.54 Å². The zero-order chi connectivity index (χ0) is 17.6. The molecule has 1 rings (SSSR count). The first-order chi connectivity index (χ1) is 10.8. The van der Waals surface area contributed by atoms with Crippen molar-refractivity contribution in [2.24, 2.45) is 0 Å². The minimum absolute atomic E-state index is 0.0489. The number of hydrogen-bond donors (Lipinski definition) is 1. The quantitative estimate of drug-likeness (QED) is 0.254. The number of hydrogen-bond acceptors (Lipinski definition) is 7. The number of ether oxygens (including phenoxy) is 1. The van der Waals surface area contributed by atoms with E-state index in [2.05, 4.69) is 10.3 Å². The lowest BCUT2D eigenvalue weighted by molar-refractivity contribution is -0.384. The standard InChI is InChI=1S/C14H21ClN4O4/c1-5-23-14(20)10-9(2)17-13(15)12(19(21)22)11(10)16-7-6-8-18(3)4/h5-8H2,1-4H3,(H,16,17). The Balaban J connectivity index is 3.23. The molecule has 0 atom stereocenters. The summed E-state index contributed by atoms with van der Waals surface area (Å²) in [6.07, 6.45) is 0.741. The van der Waals surface area contributed by atoms with Gasteiger partial charge in [-0.2, -0.15) is 0 Å². The Hall–Kier alpha value is -1.93. The van der Waals surface area contributed by atoms with Crippen molar-refractivity contribution in [3.8, 4) is 0 Å². The van der Waals surface area contributed by atoms with Crippen LogP contribution >= 0.6 is 11.6 Å². The second-order valence-electron chi connectivity index (χ2n) is 5.15. The summed E-state index contributed by atoms with van der Waals surface area (Å²) in [4.78, 5) is 28.7. The fraction of sp³-hybridized carbons (Fsp3) is 0.571. The van der Waals surface area contributed by atoms with E-state index < -0.39 is 16.6 Å². The molecule has 9 heteroatoms. The van der Waals surface area contributed by atoms with Gasteiger partial charge in [0.05, 0.1) is 17.2 Å². The number of nitrogens with zero attached hydrogens (tertiary/aromatic N) is 3. The average Bonchev–Trinajstić information content (AvgIpc) is 2.42. The topological polar surface area (TPSA) is 97.6 Å². The summed E-state index contributed by atoms with van der Waals surface area (Å²) in [6.45, 7) is 4.63. The van der Waals surface area contributed by atoms with Crippen molar-refractivity contribution in [1.29, 1.82) is 0 Å². The van der Waals surface area contributed by atoms with Crippen LogP contribution < -0.4 is 5.32 Å². The van der Waals surface area contributed by atoms with Crippen molar-refractivity contribution < 1.29 is 14.5 Å². The van der Waals surface area contributed by atoms with Crippen molar-refractivity contribution in [2.75, 3.05) is 39.1 Å².